The van der Waals surface area contributed by atoms with E-state index in [1.54, 1.807) is 18.3 Å². The van der Waals surface area contributed by atoms with Crippen molar-refractivity contribution >= 4 is 17.3 Å². The molecule has 0 bridgehead atoms. The summed E-state index contributed by atoms with van der Waals surface area (Å²) in [7, 11) is 0. The molecule has 1 heterocycles. The first-order valence-corrected chi connectivity index (χ1v) is 7.51. The van der Waals surface area contributed by atoms with Gasteiger partial charge in [0, 0.05) is 6.04 Å². The molecule has 1 rings (SSSR count). The Balaban J connectivity index is 2.03. The number of carboxylic acid groups (broad SMARTS) is 1. The fraction of sp³-hybridized carbons (Fsp3) is 0.643. The highest BCUT2D eigenvalue weighted by Gasteiger charge is 2.10. The minimum Gasteiger partial charge on any atom is -0.481 e. The van der Waals surface area contributed by atoms with Crippen molar-refractivity contribution in [2.75, 3.05) is 6.54 Å². The van der Waals surface area contributed by atoms with E-state index in [1.807, 2.05) is 0 Å². The van der Waals surface area contributed by atoms with E-state index < -0.39 is 5.97 Å². The molecule has 4 heteroatoms. The van der Waals surface area contributed by atoms with Gasteiger partial charge in [0.1, 0.15) is 0 Å². The Morgan fingerprint density at radius 2 is 2.22 bits per heavy atom. The van der Waals surface area contributed by atoms with Crippen LogP contribution in [0.3, 0.4) is 0 Å². The molecular weight excluding hydrogens is 246 g/mol. The van der Waals surface area contributed by atoms with Gasteiger partial charge in [-0.1, -0.05) is 13.3 Å². The van der Waals surface area contributed by atoms with Crippen LogP contribution in [0.5, 0.6) is 0 Å². The maximum absolute atomic E-state index is 10.7. The number of nitrogens with one attached hydrogen (secondary N) is 1. The summed E-state index contributed by atoms with van der Waals surface area (Å²) in [6, 6.07) is 2.62. The standard InChI is InChI=1S/C14H23NO2S/c1-11(14(16)17)4-3-5-12(2)15-8-6-13-7-9-18-10-13/h7,9-12,15H,3-6,8H2,1-2H3,(H,16,17). The lowest BCUT2D eigenvalue weighted by Crippen LogP contribution is -2.28. The Bertz CT molecular complexity index is 338. The predicted octanol–water partition coefficient (Wildman–Crippen LogP) is 3.16. The summed E-state index contributed by atoms with van der Waals surface area (Å²) in [5.74, 6) is -0.906. The number of aliphatic carboxylic acids is 1. The van der Waals surface area contributed by atoms with Crippen LogP contribution in [-0.2, 0) is 11.2 Å². The highest BCUT2D eigenvalue weighted by molar-refractivity contribution is 7.07. The number of hydrogen-bond donors (Lipinski definition) is 2. The summed E-state index contributed by atoms with van der Waals surface area (Å²) in [6.45, 7) is 4.93. The van der Waals surface area contributed by atoms with E-state index in [9.17, 15) is 4.79 Å². The van der Waals surface area contributed by atoms with Gasteiger partial charge in [-0.25, -0.2) is 0 Å². The average molecular weight is 269 g/mol. The Kier molecular flexibility index (Phi) is 6.98. The Hall–Kier alpha value is -0.870. The zero-order valence-electron chi connectivity index (χ0n) is 11.2. The monoisotopic (exact) mass is 269 g/mol. The molecule has 0 radical (unpaired) electrons. The molecule has 1 aromatic heterocycles. The number of carboxylic acids is 1. The lowest BCUT2D eigenvalue weighted by Gasteiger charge is -2.14. The predicted molar refractivity (Wildman–Crippen MR) is 76.1 cm³/mol. The molecule has 0 saturated heterocycles. The number of rotatable bonds is 9. The van der Waals surface area contributed by atoms with Gasteiger partial charge in [-0.3, -0.25) is 4.79 Å². The van der Waals surface area contributed by atoms with Gasteiger partial charge >= 0.3 is 5.97 Å². The average Bonchev–Trinajstić information content (AvgIpc) is 2.81. The highest BCUT2D eigenvalue weighted by Crippen LogP contribution is 2.10. The highest BCUT2D eigenvalue weighted by atomic mass is 32.1. The smallest absolute Gasteiger partial charge is 0.306 e. The van der Waals surface area contributed by atoms with Gasteiger partial charge < -0.3 is 10.4 Å². The zero-order valence-corrected chi connectivity index (χ0v) is 12.0. The lowest BCUT2D eigenvalue weighted by atomic mass is 10.0. The molecule has 0 saturated carbocycles. The summed E-state index contributed by atoms with van der Waals surface area (Å²) in [5, 5.41) is 16.5. The van der Waals surface area contributed by atoms with Crippen LogP contribution in [-0.4, -0.2) is 23.7 Å². The van der Waals surface area contributed by atoms with Crippen LogP contribution in [0.1, 0.15) is 38.7 Å². The number of carbonyl (C=O) groups is 1. The van der Waals surface area contributed by atoms with E-state index in [2.05, 4.69) is 29.1 Å². The first-order chi connectivity index (χ1) is 8.59. The van der Waals surface area contributed by atoms with E-state index >= 15 is 0 Å². The number of hydrogen-bond acceptors (Lipinski definition) is 3. The van der Waals surface area contributed by atoms with Gasteiger partial charge in [-0.2, -0.15) is 11.3 Å². The Morgan fingerprint density at radius 3 is 2.83 bits per heavy atom. The third-order valence-electron chi connectivity index (χ3n) is 3.18. The van der Waals surface area contributed by atoms with Gasteiger partial charge in [0.15, 0.2) is 0 Å². The van der Waals surface area contributed by atoms with E-state index in [1.165, 1.54) is 5.56 Å². The molecule has 0 aliphatic carbocycles. The molecule has 18 heavy (non-hydrogen) atoms. The molecular formula is C14H23NO2S. The molecule has 3 nitrogen and oxygen atoms in total. The molecule has 2 N–H and O–H groups in total. The molecule has 0 aromatic carbocycles. The van der Waals surface area contributed by atoms with Crippen LogP contribution in [0.25, 0.3) is 0 Å². The van der Waals surface area contributed by atoms with Crippen LogP contribution in [0, 0.1) is 5.92 Å². The summed E-state index contributed by atoms with van der Waals surface area (Å²) >= 11 is 1.73. The number of thiophene rings is 1. The van der Waals surface area contributed by atoms with E-state index in [4.69, 9.17) is 5.11 Å². The van der Waals surface area contributed by atoms with Crippen LogP contribution in [0.15, 0.2) is 16.8 Å². The maximum atomic E-state index is 10.7. The van der Waals surface area contributed by atoms with Crippen molar-refractivity contribution in [3.05, 3.63) is 22.4 Å². The maximum Gasteiger partial charge on any atom is 0.306 e. The van der Waals surface area contributed by atoms with Gasteiger partial charge in [-0.05, 0) is 55.1 Å². The van der Waals surface area contributed by atoms with Gasteiger partial charge in [0.25, 0.3) is 0 Å². The van der Waals surface area contributed by atoms with E-state index in [0.29, 0.717) is 6.04 Å². The third-order valence-corrected chi connectivity index (χ3v) is 3.91. The molecule has 0 aliphatic rings. The van der Waals surface area contributed by atoms with Crippen LogP contribution < -0.4 is 5.32 Å². The molecule has 0 amide bonds. The van der Waals surface area contributed by atoms with Crippen molar-refractivity contribution < 1.29 is 9.90 Å². The van der Waals surface area contributed by atoms with Crippen molar-refractivity contribution in [2.45, 2.75) is 45.6 Å². The lowest BCUT2D eigenvalue weighted by molar-refractivity contribution is -0.141. The fourth-order valence-electron chi connectivity index (χ4n) is 1.85. The molecule has 1 aromatic rings. The molecule has 102 valence electrons. The van der Waals surface area contributed by atoms with Crippen molar-refractivity contribution in [1.82, 2.24) is 5.32 Å². The summed E-state index contributed by atoms with van der Waals surface area (Å²) in [6.07, 6.45) is 3.85. The summed E-state index contributed by atoms with van der Waals surface area (Å²) in [5.41, 5.74) is 1.39. The quantitative estimate of drug-likeness (QED) is 0.724. The second kappa shape index (κ2) is 8.27. The second-order valence-corrected chi connectivity index (χ2v) is 5.69. The first kappa shape index (κ1) is 15.2. The second-order valence-electron chi connectivity index (χ2n) is 4.91. The van der Waals surface area contributed by atoms with Gasteiger partial charge in [0.2, 0.25) is 0 Å². The molecule has 0 spiro atoms. The minimum atomic E-state index is -0.687. The minimum absolute atomic E-state index is 0.219. The van der Waals surface area contributed by atoms with Crippen molar-refractivity contribution in [3.8, 4) is 0 Å². The van der Waals surface area contributed by atoms with E-state index in [0.717, 1.165) is 32.2 Å². The topological polar surface area (TPSA) is 49.3 Å². The van der Waals surface area contributed by atoms with Gasteiger partial charge in [0.05, 0.1) is 5.92 Å². The Labute approximate surface area is 113 Å². The first-order valence-electron chi connectivity index (χ1n) is 6.57. The van der Waals surface area contributed by atoms with E-state index in [-0.39, 0.29) is 5.92 Å². The summed E-state index contributed by atoms with van der Waals surface area (Å²) in [4.78, 5) is 10.7. The SMILES string of the molecule is CC(CCCC(C)C(=O)O)NCCc1ccsc1. The third kappa shape index (κ3) is 6.17. The molecule has 2 atom stereocenters. The molecule has 2 unspecified atom stereocenters. The van der Waals surface area contributed by atoms with Crippen LogP contribution in [0.2, 0.25) is 0 Å². The van der Waals surface area contributed by atoms with Crippen molar-refractivity contribution in [2.24, 2.45) is 5.92 Å². The van der Waals surface area contributed by atoms with Crippen LogP contribution in [0.4, 0.5) is 0 Å². The van der Waals surface area contributed by atoms with Crippen molar-refractivity contribution in [3.63, 3.8) is 0 Å². The largest absolute Gasteiger partial charge is 0.481 e. The zero-order chi connectivity index (χ0) is 13.4. The summed E-state index contributed by atoms with van der Waals surface area (Å²) < 4.78 is 0. The van der Waals surface area contributed by atoms with Gasteiger partial charge in [-0.15, -0.1) is 0 Å². The molecule has 0 fully saturated rings. The molecule has 0 aliphatic heterocycles. The van der Waals surface area contributed by atoms with Crippen molar-refractivity contribution in [1.29, 1.82) is 0 Å². The Morgan fingerprint density at radius 1 is 1.44 bits per heavy atom. The normalized spacial score (nSPS) is 14.3. The fourth-order valence-corrected chi connectivity index (χ4v) is 2.56. The van der Waals surface area contributed by atoms with Crippen LogP contribution >= 0.6 is 11.3 Å².